The van der Waals surface area contributed by atoms with Crippen molar-refractivity contribution < 1.29 is 14.3 Å². The van der Waals surface area contributed by atoms with E-state index in [1.807, 2.05) is 49.9 Å². The minimum Gasteiger partial charge on any atom is -0.385 e. The van der Waals surface area contributed by atoms with Crippen LogP contribution in [0.25, 0.3) is 0 Å². The summed E-state index contributed by atoms with van der Waals surface area (Å²) in [5.41, 5.74) is 1.65. The van der Waals surface area contributed by atoms with Crippen molar-refractivity contribution in [2.45, 2.75) is 39.7 Å². The maximum Gasteiger partial charge on any atom is 0.242 e. The molecule has 1 unspecified atom stereocenters. The van der Waals surface area contributed by atoms with Gasteiger partial charge in [-0.05, 0) is 47.5 Å². The smallest absolute Gasteiger partial charge is 0.242 e. The average Bonchev–Trinajstić information content (AvgIpc) is 3.20. The van der Waals surface area contributed by atoms with Gasteiger partial charge in [-0.2, -0.15) is 0 Å². The second-order valence-corrected chi connectivity index (χ2v) is 10.4. The highest BCUT2D eigenvalue weighted by Gasteiger charge is 2.35. The number of benzene rings is 1. The fourth-order valence-corrected chi connectivity index (χ4v) is 5.00. The number of carbonyl (C=O) groups is 2. The van der Waals surface area contributed by atoms with Crippen LogP contribution in [0.5, 0.6) is 0 Å². The highest BCUT2D eigenvalue weighted by Crippen LogP contribution is 2.38. The molecule has 0 saturated heterocycles. The molecule has 0 fully saturated rings. The zero-order valence-corrected chi connectivity index (χ0v) is 20.3. The van der Waals surface area contributed by atoms with Crippen molar-refractivity contribution in [2.24, 2.45) is 5.41 Å². The number of fused-ring (bicyclic) bond motifs is 1. The van der Waals surface area contributed by atoms with Gasteiger partial charge in [0.25, 0.3) is 0 Å². The number of carbonyl (C=O) groups excluding carboxylic acids is 2. The number of rotatable bonds is 7. The van der Waals surface area contributed by atoms with Crippen LogP contribution in [-0.4, -0.2) is 55.0 Å². The lowest BCUT2D eigenvalue weighted by molar-refractivity contribution is -0.146. The van der Waals surface area contributed by atoms with Crippen LogP contribution in [0.2, 0.25) is 5.02 Å². The molecule has 31 heavy (non-hydrogen) atoms. The van der Waals surface area contributed by atoms with Crippen molar-refractivity contribution >= 4 is 34.8 Å². The van der Waals surface area contributed by atoms with Gasteiger partial charge in [-0.1, -0.05) is 44.5 Å². The molecule has 1 aromatic carbocycles. The minimum absolute atomic E-state index is 0.0202. The maximum atomic E-state index is 13.5. The predicted octanol–water partition coefficient (Wildman–Crippen LogP) is 4.79. The third kappa shape index (κ3) is 5.68. The van der Waals surface area contributed by atoms with Gasteiger partial charge >= 0.3 is 0 Å². The molecule has 7 heteroatoms. The van der Waals surface area contributed by atoms with Crippen molar-refractivity contribution in [3.8, 4) is 0 Å². The summed E-state index contributed by atoms with van der Waals surface area (Å²) in [5, 5.41) is 2.75. The summed E-state index contributed by atoms with van der Waals surface area (Å²) >= 11 is 7.84. The van der Waals surface area contributed by atoms with Gasteiger partial charge in [0.1, 0.15) is 0 Å². The Morgan fingerprint density at radius 3 is 2.58 bits per heavy atom. The summed E-state index contributed by atoms with van der Waals surface area (Å²) in [5.74, 6) is -0.0555. The first-order chi connectivity index (χ1) is 14.7. The van der Waals surface area contributed by atoms with E-state index in [4.69, 9.17) is 16.3 Å². The van der Waals surface area contributed by atoms with Crippen molar-refractivity contribution in [1.82, 2.24) is 9.80 Å². The van der Waals surface area contributed by atoms with Gasteiger partial charge in [0.05, 0.1) is 12.6 Å². The zero-order chi connectivity index (χ0) is 22.6. The van der Waals surface area contributed by atoms with Crippen LogP contribution in [0, 0.1) is 5.41 Å². The molecule has 2 aromatic rings. The summed E-state index contributed by atoms with van der Waals surface area (Å²) in [6.07, 6.45) is 1.53. The topological polar surface area (TPSA) is 49.9 Å². The molecule has 0 radical (unpaired) electrons. The summed E-state index contributed by atoms with van der Waals surface area (Å²) in [4.78, 5) is 31.5. The quantitative estimate of drug-likeness (QED) is 0.556. The lowest BCUT2D eigenvalue weighted by Gasteiger charge is -2.38. The number of thiophene rings is 1. The molecule has 1 aliphatic rings. The van der Waals surface area contributed by atoms with Crippen LogP contribution >= 0.6 is 22.9 Å². The molecule has 0 spiro atoms. The minimum atomic E-state index is -0.550. The first kappa shape index (κ1) is 23.8. The van der Waals surface area contributed by atoms with E-state index in [0.29, 0.717) is 31.1 Å². The third-order valence-electron chi connectivity index (χ3n) is 5.50. The SMILES string of the molecule is COCCCN(CC(=O)N1CCc2sccc2C1c1ccc(Cl)cc1)C(=O)C(C)(C)C. The van der Waals surface area contributed by atoms with Crippen LogP contribution in [-0.2, 0) is 20.7 Å². The largest absolute Gasteiger partial charge is 0.385 e. The molecule has 3 rings (SSSR count). The van der Waals surface area contributed by atoms with E-state index in [1.54, 1.807) is 23.3 Å². The number of amides is 2. The Kier molecular flexibility index (Phi) is 7.78. The van der Waals surface area contributed by atoms with Gasteiger partial charge in [0, 0.05) is 42.1 Å². The van der Waals surface area contributed by atoms with E-state index in [9.17, 15) is 9.59 Å². The number of nitrogens with zero attached hydrogens (tertiary/aromatic N) is 2. The Bertz CT molecular complexity index is 904. The number of methoxy groups -OCH3 is 1. The van der Waals surface area contributed by atoms with Crippen molar-refractivity contribution in [2.75, 3.05) is 33.4 Å². The van der Waals surface area contributed by atoms with Crippen molar-refractivity contribution in [3.63, 3.8) is 0 Å². The van der Waals surface area contributed by atoms with Crippen LogP contribution in [0.4, 0.5) is 0 Å². The van der Waals surface area contributed by atoms with Gasteiger partial charge in [0.2, 0.25) is 11.8 Å². The van der Waals surface area contributed by atoms with Crippen LogP contribution < -0.4 is 0 Å². The average molecular weight is 463 g/mol. The van der Waals surface area contributed by atoms with E-state index in [0.717, 1.165) is 12.0 Å². The van der Waals surface area contributed by atoms with Crippen LogP contribution in [0.1, 0.15) is 49.2 Å². The lowest BCUT2D eigenvalue weighted by atomic mass is 9.92. The highest BCUT2D eigenvalue weighted by molar-refractivity contribution is 7.10. The molecule has 1 aliphatic heterocycles. The highest BCUT2D eigenvalue weighted by atomic mass is 35.5. The van der Waals surface area contributed by atoms with E-state index >= 15 is 0 Å². The molecule has 0 saturated carbocycles. The second-order valence-electron chi connectivity index (χ2n) is 8.91. The first-order valence-electron chi connectivity index (χ1n) is 10.6. The molecule has 0 aliphatic carbocycles. The van der Waals surface area contributed by atoms with Crippen molar-refractivity contribution in [1.29, 1.82) is 0 Å². The van der Waals surface area contributed by atoms with Gasteiger partial charge in [-0.15, -0.1) is 11.3 Å². The maximum absolute atomic E-state index is 13.5. The number of hydrogen-bond acceptors (Lipinski definition) is 4. The molecule has 2 amide bonds. The number of ether oxygens (including phenoxy) is 1. The van der Waals surface area contributed by atoms with Gasteiger partial charge in [0.15, 0.2) is 0 Å². The zero-order valence-electron chi connectivity index (χ0n) is 18.7. The monoisotopic (exact) mass is 462 g/mol. The van der Waals surface area contributed by atoms with E-state index in [-0.39, 0.29) is 24.4 Å². The summed E-state index contributed by atoms with van der Waals surface area (Å²) in [6.45, 7) is 7.42. The molecule has 0 N–H and O–H groups in total. The molecular formula is C24H31ClN2O3S. The molecule has 0 bridgehead atoms. The number of halogens is 1. The van der Waals surface area contributed by atoms with Gasteiger partial charge < -0.3 is 14.5 Å². The molecule has 1 atom stereocenters. The first-order valence-corrected chi connectivity index (χ1v) is 11.9. The lowest BCUT2D eigenvalue weighted by Crippen LogP contribution is -2.49. The Balaban J connectivity index is 1.86. The summed E-state index contributed by atoms with van der Waals surface area (Å²) in [7, 11) is 1.64. The Morgan fingerprint density at radius 1 is 1.23 bits per heavy atom. The Hall–Kier alpha value is -1.89. The van der Waals surface area contributed by atoms with E-state index in [2.05, 4.69) is 11.4 Å². The van der Waals surface area contributed by atoms with Gasteiger partial charge in [-0.25, -0.2) is 0 Å². The second kappa shape index (κ2) is 10.2. The summed E-state index contributed by atoms with van der Waals surface area (Å²) in [6, 6.07) is 9.63. The fraction of sp³-hybridized carbons (Fsp3) is 0.500. The van der Waals surface area contributed by atoms with Crippen molar-refractivity contribution in [3.05, 3.63) is 56.7 Å². The van der Waals surface area contributed by atoms with E-state index < -0.39 is 5.41 Å². The Labute approximate surface area is 193 Å². The Morgan fingerprint density at radius 2 is 1.94 bits per heavy atom. The standard InChI is InChI=1S/C24H31ClN2O3S/c1-24(2,3)23(29)26(12-5-14-30-4)16-21(28)27-13-10-20-19(11-15-31-20)22(27)17-6-8-18(25)9-7-17/h6-9,11,15,22H,5,10,12-14,16H2,1-4H3. The summed E-state index contributed by atoms with van der Waals surface area (Å²) < 4.78 is 5.15. The molecule has 2 heterocycles. The molecule has 1 aromatic heterocycles. The van der Waals surface area contributed by atoms with Crippen LogP contribution in [0.15, 0.2) is 35.7 Å². The normalized spacial score (nSPS) is 16.2. The fourth-order valence-electron chi connectivity index (χ4n) is 3.97. The number of hydrogen-bond donors (Lipinski definition) is 0. The van der Waals surface area contributed by atoms with Gasteiger partial charge in [-0.3, -0.25) is 9.59 Å². The molecule has 5 nitrogen and oxygen atoms in total. The predicted molar refractivity (Wildman–Crippen MR) is 126 cm³/mol. The molecular weight excluding hydrogens is 432 g/mol. The van der Waals surface area contributed by atoms with Crippen LogP contribution in [0.3, 0.4) is 0 Å². The van der Waals surface area contributed by atoms with E-state index in [1.165, 1.54) is 10.4 Å². The third-order valence-corrected chi connectivity index (χ3v) is 6.75. The molecule has 168 valence electrons.